The van der Waals surface area contributed by atoms with Gasteiger partial charge in [0.05, 0.1) is 5.69 Å². The number of hydrogen-bond acceptors (Lipinski definition) is 4. The normalized spacial score (nSPS) is 11.1. The molecule has 1 aromatic rings. The number of anilines is 2. The maximum absolute atomic E-state index is 13.0. The van der Waals surface area contributed by atoms with E-state index in [9.17, 15) is 9.18 Å². The molecule has 0 aliphatic rings. The van der Waals surface area contributed by atoms with Gasteiger partial charge in [0, 0.05) is 18.7 Å². The molecule has 0 aliphatic heterocycles. The summed E-state index contributed by atoms with van der Waals surface area (Å²) in [7, 11) is 6.09. The van der Waals surface area contributed by atoms with Crippen LogP contribution in [0.3, 0.4) is 0 Å². The number of nitrogens with one attached hydrogen (secondary N) is 1. The van der Waals surface area contributed by atoms with Crippen molar-refractivity contribution in [3.05, 3.63) is 24.0 Å². The molecule has 0 fully saturated rings. The first-order valence-electron chi connectivity index (χ1n) is 7.06. The van der Waals surface area contributed by atoms with E-state index in [-0.39, 0.29) is 11.6 Å². The molecule has 0 radical (unpaired) electrons. The molecule has 5 nitrogen and oxygen atoms in total. The van der Waals surface area contributed by atoms with Gasteiger partial charge in [0.25, 0.3) is 0 Å². The molecule has 6 heteroatoms. The van der Waals surface area contributed by atoms with Gasteiger partial charge in [0.2, 0.25) is 5.91 Å². The number of amides is 1. The van der Waals surface area contributed by atoms with Gasteiger partial charge < -0.3 is 20.9 Å². The summed E-state index contributed by atoms with van der Waals surface area (Å²) in [6, 6.07) is 4.18. The number of nitrogen functional groups attached to an aromatic ring is 1. The highest BCUT2D eigenvalue weighted by atomic mass is 19.1. The van der Waals surface area contributed by atoms with Crippen molar-refractivity contribution in [2.24, 2.45) is 0 Å². The van der Waals surface area contributed by atoms with Gasteiger partial charge >= 0.3 is 0 Å². The van der Waals surface area contributed by atoms with Crippen LogP contribution in [0.5, 0.6) is 0 Å². The summed E-state index contributed by atoms with van der Waals surface area (Å²) >= 11 is 0. The van der Waals surface area contributed by atoms with Crippen molar-refractivity contribution in [3.63, 3.8) is 0 Å². The summed E-state index contributed by atoms with van der Waals surface area (Å²) in [5.74, 6) is -0.575. The Morgan fingerprint density at radius 2 is 1.95 bits per heavy atom. The zero-order chi connectivity index (χ0) is 15.8. The molecular formula is C15H25FN4O. The quantitative estimate of drug-likeness (QED) is 0.716. The minimum absolute atomic E-state index is 0.0357. The highest BCUT2D eigenvalue weighted by molar-refractivity contribution is 5.91. The number of benzene rings is 1. The Morgan fingerprint density at radius 1 is 1.24 bits per heavy atom. The maximum Gasteiger partial charge on any atom is 0.225 e. The SMILES string of the molecule is CN(C)CCCN(C)CCC(=O)Nc1ccc(F)c(N)c1. The van der Waals surface area contributed by atoms with E-state index in [4.69, 9.17) is 5.73 Å². The van der Waals surface area contributed by atoms with Crippen molar-refractivity contribution in [1.29, 1.82) is 0 Å². The van der Waals surface area contributed by atoms with Crippen LogP contribution in [0.25, 0.3) is 0 Å². The monoisotopic (exact) mass is 296 g/mol. The van der Waals surface area contributed by atoms with Gasteiger partial charge in [-0.1, -0.05) is 0 Å². The second-order valence-electron chi connectivity index (χ2n) is 5.49. The molecule has 0 unspecified atom stereocenters. The minimum Gasteiger partial charge on any atom is -0.396 e. The lowest BCUT2D eigenvalue weighted by atomic mass is 10.2. The fourth-order valence-electron chi connectivity index (χ4n) is 1.91. The predicted molar refractivity (Wildman–Crippen MR) is 84.7 cm³/mol. The minimum atomic E-state index is -0.478. The lowest BCUT2D eigenvalue weighted by Crippen LogP contribution is -2.27. The number of carbonyl (C=O) groups excluding carboxylic acids is 1. The van der Waals surface area contributed by atoms with Gasteiger partial charge in [-0.15, -0.1) is 0 Å². The van der Waals surface area contributed by atoms with Gasteiger partial charge in [-0.3, -0.25) is 4.79 Å². The Balaban J connectivity index is 2.28. The molecule has 0 spiro atoms. The molecule has 118 valence electrons. The van der Waals surface area contributed by atoms with Crippen LogP contribution in [0, 0.1) is 5.82 Å². The van der Waals surface area contributed by atoms with Gasteiger partial charge in [-0.25, -0.2) is 4.39 Å². The number of nitrogens with two attached hydrogens (primary N) is 1. The molecule has 0 saturated heterocycles. The van der Waals surface area contributed by atoms with Crippen molar-refractivity contribution in [3.8, 4) is 0 Å². The first-order valence-corrected chi connectivity index (χ1v) is 7.06. The summed E-state index contributed by atoms with van der Waals surface area (Å²) in [5.41, 5.74) is 6.02. The Labute approximate surface area is 125 Å². The lowest BCUT2D eigenvalue weighted by Gasteiger charge is -2.17. The Kier molecular flexibility index (Phi) is 7.11. The molecule has 21 heavy (non-hydrogen) atoms. The molecule has 0 heterocycles. The van der Waals surface area contributed by atoms with Gasteiger partial charge in [-0.05, 0) is 58.9 Å². The third-order valence-corrected chi connectivity index (χ3v) is 3.15. The largest absolute Gasteiger partial charge is 0.396 e. The van der Waals surface area contributed by atoms with Crippen LogP contribution >= 0.6 is 0 Å². The van der Waals surface area contributed by atoms with E-state index in [0.29, 0.717) is 18.7 Å². The summed E-state index contributed by atoms with van der Waals surface area (Å²) in [5, 5.41) is 2.72. The number of rotatable bonds is 8. The van der Waals surface area contributed by atoms with E-state index in [1.807, 2.05) is 21.1 Å². The Bertz CT molecular complexity index is 465. The summed E-state index contributed by atoms with van der Waals surface area (Å²) in [4.78, 5) is 16.1. The number of halogens is 1. The fourth-order valence-corrected chi connectivity index (χ4v) is 1.91. The topological polar surface area (TPSA) is 61.6 Å². The lowest BCUT2D eigenvalue weighted by molar-refractivity contribution is -0.116. The van der Waals surface area contributed by atoms with Gasteiger partial charge in [0.15, 0.2) is 0 Å². The zero-order valence-electron chi connectivity index (χ0n) is 13.0. The third kappa shape index (κ3) is 7.06. The standard InChI is InChI=1S/C15H25FN4O/c1-19(2)8-4-9-20(3)10-7-15(21)18-12-5-6-13(16)14(17)11-12/h5-6,11H,4,7-10,17H2,1-3H3,(H,18,21). The average Bonchev–Trinajstić information content (AvgIpc) is 2.40. The maximum atomic E-state index is 13.0. The van der Waals surface area contributed by atoms with Crippen LogP contribution in [0.4, 0.5) is 15.8 Å². The molecule has 0 aliphatic carbocycles. The highest BCUT2D eigenvalue weighted by Gasteiger charge is 2.07. The van der Waals surface area contributed by atoms with E-state index in [1.54, 1.807) is 0 Å². The molecule has 0 aromatic heterocycles. The second kappa shape index (κ2) is 8.59. The first-order chi connectivity index (χ1) is 9.88. The van der Waals surface area contributed by atoms with E-state index in [1.165, 1.54) is 18.2 Å². The average molecular weight is 296 g/mol. The summed E-state index contributed by atoms with van der Waals surface area (Å²) in [6.45, 7) is 2.68. The van der Waals surface area contributed by atoms with E-state index in [0.717, 1.165) is 19.5 Å². The van der Waals surface area contributed by atoms with Crippen molar-refractivity contribution < 1.29 is 9.18 Å². The van der Waals surface area contributed by atoms with Crippen molar-refractivity contribution in [2.75, 3.05) is 51.8 Å². The molecular weight excluding hydrogens is 271 g/mol. The van der Waals surface area contributed by atoms with Crippen molar-refractivity contribution >= 4 is 17.3 Å². The molecule has 1 rings (SSSR count). The summed E-state index contributed by atoms with van der Waals surface area (Å²) in [6.07, 6.45) is 1.47. The second-order valence-corrected chi connectivity index (χ2v) is 5.49. The smallest absolute Gasteiger partial charge is 0.225 e. The van der Waals surface area contributed by atoms with Crippen molar-refractivity contribution in [1.82, 2.24) is 9.80 Å². The van der Waals surface area contributed by atoms with Crippen LogP contribution in [0.2, 0.25) is 0 Å². The van der Waals surface area contributed by atoms with E-state index in [2.05, 4.69) is 15.1 Å². The van der Waals surface area contributed by atoms with Gasteiger partial charge in [-0.2, -0.15) is 0 Å². The molecule has 3 N–H and O–H groups in total. The Hall–Kier alpha value is -1.66. The molecule has 0 saturated carbocycles. The van der Waals surface area contributed by atoms with Crippen LogP contribution in [0.1, 0.15) is 12.8 Å². The summed E-state index contributed by atoms with van der Waals surface area (Å²) < 4.78 is 13.0. The van der Waals surface area contributed by atoms with Crippen molar-refractivity contribution in [2.45, 2.75) is 12.8 Å². The fraction of sp³-hybridized carbons (Fsp3) is 0.533. The third-order valence-electron chi connectivity index (χ3n) is 3.15. The van der Waals surface area contributed by atoms with Gasteiger partial charge in [0.1, 0.15) is 5.82 Å². The predicted octanol–water partition coefficient (Wildman–Crippen LogP) is 1.62. The first kappa shape index (κ1) is 17.4. The van der Waals surface area contributed by atoms with Crippen LogP contribution in [-0.2, 0) is 4.79 Å². The highest BCUT2D eigenvalue weighted by Crippen LogP contribution is 2.16. The molecule has 0 atom stereocenters. The Morgan fingerprint density at radius 3 is 2.57 bits per heavy atom. The van der Waals surface area contributed by atoms with E-state index < -0.39 is 5.82 Å². The number of carbonyl (C=O) groups is 1. The number of hydrogen-bond donors (Lipinski definition) is 2. The zero-order valence-corrected chi connectivity index (χ0v) is 13.0. The molecule has 1 aromatic carbocycles. The van der Waals surface area contributed by atoms with E-state index >= 15 is 0 Å². The molecule has 0 bridgehead atoms. The van der Waals surface area contributed by atoms with Crippen LogP contribution in [0.15, 0.2) is 18.2 Å². The molecule has 1 amide bonds. The number of nitrogens with zero attached hydrogens (tertiary/aromatic N) is 2. The van der Waals surface area contributed by atoms with Crippen LogP contribution in [-0.4, -0.2) is 56.5 Å². The van der Waals surface area contributed by atoms with Crippen LogP contribution < -0.4 is 11.1 Å².